The number of nitrogens with zero attached hydrogens (tertiary/aromatic N) is 2. The number of carbonyl (C=O) groups excluding carboxylic acids is 1. The molecule has 6 nitrogen and oxygen atoms in total. The number of carbonyl (C=O) groups is 1. The van der Waals surface area contributed by atoms with Gasteiger partial charge in [0.1, 0.15) is 5.52 Å². The smallest absolute Gasteiger partial charge is 0.278 e. The van der Waals surface area contributed by atoms with E-state index in [2.05, 4.69) is 10.3 Å². The van der Waals surface area contributed by atoms with Crippen molar-refractivity contribution in [1.82, 2.24) is 4.98 Å². The summed E-state index contributed by atoms with van der Waals surface area (Å²) >= 11 is 0. The van der Waals surface area contributed by atoms with Crippen LogP contribution in [0.4, 0.5) is 11.4 Å². The van der Waals surface area contributed by atoms with Crippen LogP contribution < -0.4 is 5.32 Å². The third kappa shape index (κ3) is 2.49. The van der Waals surface area contributed by atoms with Gasteiger partial charge in [0.25, 0.3) is 11.6 Å². The number of nitrogens with one attached hydrogen (secondary N) is 1. The third-order valence-electron chi connectivity index (χ3n) is 3.23. The summed E-state index contributed by atoms with van der Waals surface area (Å²) in [5.41, 5.74) is 1.29. The van der Waals surface area contributed by atoms with Gasteiger partial charge in [-0.3, -0.25) is 19.9 Å². The molecule has 6 heteroatoms. The van der Waals surface area contributed by atoms with Crippen LogP contribution in [-0.4, -0.2) is 15.8 Å². The van der Waals surface area contributed by atoms with Crippen LogP contribution >= 0.6 is 0 Å². The van der Waals surface area contributed by atoms with Gasteiger partial charge in [-0.25, -0.2) is 0 Å². The topological polar surface area (TPSA) is 85.1 Å². The SMILES string of the molecule is O=C(Nc1ccc([N+](=O)[O-])c2cccnc12)c1ccccc1. The molecule has 0 saturated heterocycles. The van der Waals surface area contributed by atoms with Gasteiger partial charge in [0, 0.05) is 17.8 Å². The zero-order valence-electron chi connectivity index (χ0n) is 11.4. The lowest BCUT2D eigenvalue weighted by Gasteiger charge is -2.08. The fourth-order valence-electron chi connectivity index (χ4n) is 2.20. The Hall–Kier alpha value is -3.28. The van der Waals surface area contributed by atoms with Crippen molar-refractivity contribution in [2.24, 2.45) is 0 Å². The van der Waals surface area contributed by atoms with Crippen molar-refractivity contribution in [3.8, 4) is 0 Å². The summed E-state index contributed by atoms with van der Waals surface area (Å²) in [6, 6.07) is 14.8. The summed E-state index contributed by atoms with van der Waals surface area (Å²) in [4.78, 5) is 27.0. The number of amides is 1. The van der Waals surface area contributed by atoms with Crippen molar-refractivity contribution in [3.05, 3.63) is 76.5 Å². The van der Waals surface area contributed by atoms with Crippen molar-refractivity contribution in [2.45, 2.75) is 0 Å². The first-order chi connectivity index (χ1) is 10.7. The van der Waals surface area contributed by atoms with Crippen LogP contribution in [0.5, 0.6) is 0 Å². The number of fused-ring (bicyclic) bond motifs is 1. The molecule has 1 amide bonds. The molecule has 0 radical (unpaired) electrons. The highest BCUT2D eigenvalue weighted by molar-refractivity contribution is 6.09. The second-order valence-corrected chi connectivity index (χ2v) is 4.61. The maximum Gasteiger partial charge on any atom is 0.278 e. The minimum absolute atomic E-state index is 0.0409. The van der Waals surface area contributed by atoms with E-state index in [1.165, 1.54) is 18.3 Å². The normalized spacial score (nSPS) is 10.4. The quantitative estimate of drug-likeness (QED) is 0.592. The standard InChI is InChI=1S/C16H11N3O3/c20-16(11-5-2-1-3-6-11)18-13-8-9-14(19(21)22)12-7-4-10-17-15(12)13/h1-10H,(H,18,20). The minimum atomic E-state index is -0.465. The zero-order chi connectivity index (χ0) is 15.5. The molecule has 108 valence electrons. The van der Waals surface area contributed by atoms with Crippen LogP contribution in [0.3, 0.4) is 0 Å². The van der Waals surface area contributed by atoms with Crippen LogP contribution in [-0.2, 0) is 0 Å². The third-order valence-corrected chi connectivity index (χ3v) is 3.23. The van der Waals surface area contributed by atoms with Gasteiger partial charge in [-0.2, -0.15) is 0 Å². The molecular weight excluding hydrogens is 282 g/mol. The number of rotatable bonds is 3. The molecule has 0 fully saturated rings. The van der Waals surface area contributed by atoms with E-state index in [1.807, 2.05) is 6.07 Å². The van der Waals surface area contributed by atoms with Crippen molar-refractivity contribution in [2.75, 3.05) is 5.32 Å². The lowest BCUT2D eigenvalue weighted by atomic mass is 10.1. The Morgan fingerprint density at radius 1 is 1.05 bits per heavy atom. The fourth-order valence-corrected chi connectivity index (χ4v) is 2.20. The van der Waals surface area contributed by atoms with Crippen molar-refractivity contribution >= 4 is 28.2 Å². The molecule has 1 aromatic heterocycles. The Morgan fingerprint density at radius 3 is 2.55 bits per heavy atom. The molecule has 0 aliphatic rings. The van der Waals surface area contributed by atoms with Gasteiger partial charge in [0.05, 0.1) is 16.0 Å². The number of aromatic nitrogens is 1. The summed E-state index contributed by atoms with van der Waals surface area (Å²) in [5, 5.41) is 14.2. The Balaban J connectivity index is 2.04. The number of anilines is 1. The van der Waals surface area contributed by atoms with Gasteiger partial charge in [0.15, 0.2) is 0 Å². The van der Waals surface area contributed by atoms with Gasteiger partial charge < -0.3 is 5.32 Å². The molecule has 1 heterocycles. The van der Waals surface area contributed by atoms with E-state index in [1.54, 1.807) is 36.4 Å². The van der Waals surface area contributed by atoms with E-state index in [4.69, 9.17) is 0 Å². The monoisotopic (exact) mass is 293 g/mol. The molecule has 0 atom stereocenters. The Labute approximate surface area is 125 Å². The largest absolute Gasteiger partial charge is 0.320 e. The Morgan fingerprint density at radius 2 is 1.82 bits per heavy atom. The lowest BCUT2D eigenvalue weighted by Crippen LogP contribution is -2.12. The zero-order valence-corrected chi connectivity index (χ0v) is 11.4. The van der Waals surface area contributed by atoms with Crippen LogP contribution in [0.1, 0.15) is 10.4 Å². The van der Waals surface area contributed by atoms with Gasteiger partial charge >= 0.3 is 0 Å². The Bertz CT molecular complexity index is 863. The first-order valence-corrected chi connectivity index (χ1v) is 6.55. The molecule has 1 N–H and O–H groups in total. The summed E-state index contributed by atoms with van der Waals surface area (Å²) in [6.07, 6.45) is 1.53. The summed E-state index contributed by atoms with van der Waals surface area (Å²) < 4.78 is 0. The van der Waals surface area contributed by atoms with E-state index in [9.17, 15) is 14.9 Å². The number of non-ortho nitro benzene ring substituents is 1. The molecular formula is C16H11N3O3. The molecule has 0 bridgehead atoms. The summed E-state index contributed by atoms with van der Waals surface area (Å²) in [7, 11) is 0. The molecule has 0 unspecified atom stereocenters. The summed E-state index contributed by atoms with van der Waals surface area (Å²) in [6.45, 7) is 0. The average molecular weight is 293 g/mol. The van der Waals surface area contributed by atoms with E-state index in [0.29, 0.717) is 22.2 Å². The fraction of sp³-hybridized carbons (Fsp3) is 0. The maximum absolute atomic E-state index is 12.2. The number of pyridine rings is 1. The van der Waals surface area contributed by atoms with Gasteiger partial charge in [-0.15, -0.1) is 0 Å². The second-order valence-electron chi connectivity index (χ2n) is 4.61. The molecule has 0 aliphatic heterocycles. The average Bonchev–Trinajstić information content (AvgIpc) is 2.55. The van der Waals surface area contributed by atoms with Crippen molar-refractivity contribution in [3.63, 3.8) is 0 Å². The molecule has 3 aromatic rings. The van der Waals surface area contributed by atoms with E-state index in [0.717, 1.165) is 0 Å². The first-order valence-electron chi connectivity index (χ1n) is 6.55. The van der Waals surface area contributed by atoms with E-state index >= 15 is 0 Å². The molecule has 2 aromatic carbocycles. The highest BCUT2D eigenvalue weighted by Crippen LogP contribution is 2.29. The lowest BCUT2D eigenvalue weighted by molar-refractivity contribution is -0.383. The number of benzene rings is 2. The van der Waals surface area contributed by atoms with Gasteiger partial charge in [-0.05, 0) is 30.3 Å². The Kier molecular flexibility index (Phi) is 3.49. The predicted octanol–water partition coefficient (Wildman–Crippen LogP) is 3.40. The highest BCUT2D eigenvalue weighted by atomic mass is 16.6. The first kappa shape index (κ1) is 13.7. The van der Waals surface area contributed by atoms with Gasteiger partial charge in [-0.1, -0.05) is 18.2 Å². The van der Waals surface area contributed by atoms with Crippen LogP contribution in [0, 0.1) is 10.1 Å². The summed E-state index contributed by atoms with van der Waals surface area (Å²) in [5.74, 6) is -0.290. The molecule has 0 saturated carbocycles. The van der Waals surface area contributed by atoms with Crippen LogP contribution in [0.15, 0.2) is 60.8 Å². The molecule has 0 aliphatic carbocycles. The minimum Gasteiger partial charge on any atom is -0.320 e. The number of hydrogen-bond acceptors (Lipinski definition) is 4. The highest BCUT2D eigenvalue weighted by Gasteiger charge is 2.16. The van der Waals surface area contributed by atoms with Crippen molar-refractivity contribution in [1.29, 1.82) is 0 Å². The predicted molar refractivity (Wildman–Crippen MR) is 82.8 cm³/mol. The number of nitro groups is 1. The van der Waals surface area contributed by atoms with Crippen LogP contribution in [0.25, 0.3) is 10.9 Å². The van der Waals surface area contributed by atoms with E-state index in [-0.39, 0.29) is 11.6 Å². The molecule has 0 spiro atoms. The molecule has 3 rings (SSSR count). The van der Waals surface area contributed by atoms with Gasteiger partial charge in [0.2, 0.25) is 0 Å². The molecule has 22 heavy (non-hydrogen) atoms. The maximum atomic E-state index is 12.2. The van der Waals surface area contributed by atoms with Crippen LogP contribution in [0.2, 0.25) is 0 Å². The second kappa shape index (κ2) is 5.61. The number of hydrogen-bond donors (Lipinski definition) is 1. The van der Waals surface area contributed by atoms with Crippen molar-refractivity contribution < 1.29 is 9.72 Å². The number of nitro benzene ring substituents is 1. The van der Waals surface area contributed by atoms with E-state index < -0.39 is 4.92 Å².